The minimum atomic E-state index is -0.0360. The molecule has 0 aliphatic carbocycles. The molecule has 1 aliphatic heterocycles. The largest absolute Gasteiger partial charge is 0.347 e. The summed E-state index contributed by atoms with van der Waals surface area (Å²) >= 11 is 0. The van der Waals surface area contributed by atoms with Crippen LogP contribution in [0.1, 0.15) is 25.3 Å². The monoisotopic (exact) mass is 260 g/mol. The zero-order chi connectivity index (χ0) is 13.7. The molecular formula is C15H20N2O2. The molecule has 2 amide bonds. The van der Waals surface area contributed by atoms with Crippen molar-refractivity contribution in [1.29, 1.82) is 0 Å². The molecule has 1 aromatic rings. The number of hydrogen-bond donors (Lipinski definition) is 1. The first-order valence-electron chi connectivity index (χ1n) is 6.77. The van der Waals surface area contributed by atoms with Crippen LogP contribution in [0.15, 0.2) is 30.3 Å². The van der Waals surface area contributed by atoms with Crippen LogP contribution in [0.25, 0.3) is 0 Å². The van der Waals surface area contributed by atoms with E-state index in [1.807, 2.05) is 23.1 Å². The van der Waals surface area contributed by atoms with Gasteiger partial charge in [0.1, 0.15) is 0 Å². The molecule has 2 rings (SSSR count). The Morgan fingerprint density at radius 2 is 2.00 bits per heavy atom. The van der Waals surface area contributed by atoms with E-state index in [9.17, 15) is 9.59 Å². The van der Waals surface area contributed by atoms with Gasteiger partial charge >= 0.3 is 0 Å². The van der Waals surface area contributed by atoms with Gasteiger partial charge in [-0.1, -0.05) is 30.3 Å². The Balaban J connectivity index is 1.89. The van der Waals surface area contributed by atoms with E-state index in [-0.39, 0.29) is 24.4 Å². The summed E-state index contributed by atoms with van der Waals surface area (Å²) in [6.07, 6.45) is 2.28. The Hall–Kier alpha value is -1.84. The van der Waals surface area contributed by atoms with Crippen LogP contribution >= 0.6 is 0 Å². The summed E-state index contributed by atoms with van der Waals surface area (Å²) in [4.78, 5) is 25.0. The maximum absolute atomic E-state index is 11.9. The van der Waals surface area contributed by atoms with Crippen molar-refractivity contribution in [2.24, 2.45) is 0 Å². The lowest BCUT2D eigenvalue weighted by Crippen LogP contribution is -2.41. The van der Waals surface area contributed by atoms with Crippen LogP contribution in [0.3, 0.4) is 0 Å². The lowest BCUT2D eigenvalue weighted by atomic mass is 10.1. The fraction of sp³-hybridized carbons (Fsp3) is 0.467. The first-order chi connectivity index (χ1) is 9.16. The molecule has 4 heteroatoms. The number of amides is 2. The van der Waals surface area contributed by atoms with Gasteiger partial charge in [-0.25, -0.2) is 0 Å². The fourth-order valence-electron chi connectivity index (χ4n) is 2.35. The van der Waals surface area contributed by atoms with Crippen LogP contribution < -0.4 is 5.32 Å². The van der Waals surface area contributed by atoms with Crippen molar-refractivity contribution in [1.82, 2.24) is 10.2 Å². The van der Waals surface area contributed by atoms with Crippen molar-refractivity contribution in [2.75, 3.05) is 13.1 Å². The third-order valence-corrected chi connectivity index (χ3v) is 3.56. The second-order valence-electron chi connectivity index (χ2n) is 4.99. The van der Waals surface area contributed by atoms with Crippen LogP contribution in [0.5, 0.6) is 0 Å². The molecule has 0 aromatic heterocycles. The molecule has 4 nitrogen and oxygen atoms in total. The number of rotatable bonds is 4. The quantitative estimate of drug-likeness (QED) is 0.888. The minimum Gasteiger partial charge on any atom is -0.347 e. The Morgan fingerprint density at radius 3 is 2.74 bits per heavy atom. The predicted octanol–water partition coefficient (Wildman–Crippen LogP) is 1.36. The SMILES string of the molecule is CC(CCc1ccccc1)N1CCC(=O)NCC1=O. The highest BCUT2D eigenvalue weighted by molar-refractivity contribution is 5.87. The van der Waals surface area contributed by atoms with Crippen molar-refractivity contribution in [3.05, 3.63) is 35.9 Å². The summed E-state index contributed by atoms with van der Waals surface area (Å²) in [6, 6.07) is 10.4. The molecule has 0 spiro atoms. The van der Waals surface area contributed by atoms with Gasteiger partial charge < -0.3 is 10.2 Å². The van der Waals surface area contributed by atoms with E-state index in [0.29, 0.717) is 13.0 Å². The van der Waals surface area contributed by atoms with E-state index >= 15 is 0 Å². The molecule has 1 atom stereocenters. The van der Waals surface area contributed by atoms with Gasteiger partial charge in [0.25, 0.3) is 0 Å². The summed E-state index contributed by atoms with van der Waals surface area (Å²) in [5.74, 6) is -0.0162. The van der Waals surface area contributed by atoms with Crippen molar-refractivity contribution >= 4 is 11.8 Å². The Kier molecular flexibility index (Phi) is 4.55. The Bertz CT molecular complexity index is 445. The molecule has 1 aliphatic rings. The average Bonchev–Trinajstić information content (AvgIpc) is 2.60. The Morgan fingerprint density at radius 1 is 1.26 bits per heavy atom. The van der Waals surface area contributed by atoms with Crippen LogP contribution in [-0.2, 0) is 16.0 Å². The van der Waals surface area contributed by atoms with Gasteiger partial charge in [0.15, 0.2) is 0 Å². The van der Waals surface area contributed by atoms with Crippen molar-refractivity contribution in [2.45, 2.75) is 32.2 Å². The molecule has 1 heterocycles. The van der Waals surface area contributed by atoms with Crippen LogP contribution in [0.2, 0.25) is 0 Å². The molecule has 1 N–H and O–H groups in total. The molecule has 1 unspecified atom stereocenters. The van der Waals surface area contributed by atoms with Gasteiger partial charge in [-0.05, 0) is 25.3 Å². The van der Waals surface area contributed by atoms with Crippen molar-refractivity contribution in [3.8, 4) is 0 Å². The molecule has 102 valence electrons. The van der Waals surface area contributed by atoms with Gasteiger partial charge in [-0.3, -0.25) is 9.59 Å². The number of carbonyl (C=O) groups excluding carboxylic acids is 2. The standard InChI is InChI=1S/C15H20N2O2/c1-12(7-8-13-5-3-2-4-6-13)17-10-9-14(18)16-11-15(17)19/h2-6,12H,7-11H2,1H3,(H,16,18). The summed E-state index contributed by atoms with van der Waals surface area (Å²) < 4.78 is 0. The summed E-state index contributed by atoms with van der Waals surface area (Å²) in [6.45, 7) is 2.71. The summed E-state index contributed by atoms with van der Waals surface area (Å²) in [5.41, 5.74) is 1.28. The molecule has 1 aromatic carbocycles. The van der Waals surface area contributed by atoms with Crippen molar-refractivity contribution < 1.29 is 9.59 Å². The molecule has 1 fully saturated rings. The molecule has 0 bridgehead atoms. The lowest BCUT2D eigenvalue weighted by Gasteiger charge is -2.27. The van der Waals surface area contributed by atoms with E-state index in [1.165, 1.54) is 5.56 Å². The van der Waals surface area contributed by atoms with Gasteiger partial charge in [0, 0.05) is 19.0 Å². The first kappa shape index (κ1) is 13.6. The highest BCUT2D eigenvalue weighted by Gasteiger charge is 2.23. The zero-order valence-electron chi connectivity index (χ0n) is 11.3. The van der Waals surface area contributed by atoms with Crippen LogP contribution in [0.4, 0.5) is 0 Å². The maximum Gasteiger partial charge on any atom is 0.242 e. The van der Waals surface area contributed by atoms with Crippen molar-refractivity contribution in [3.63, 3.8) is 0 Å². The number of aryl methyl sites for hydroxylation is 1. The maximum atomic E-state index is 11.9. The molecular weight excluding hydrogens is 240 g/mol. The second kappa shape index (κ2) is 6.36. The first-order valence-corrected chi connectivity index (χ1v) is 6.77. The second-order valence-corrected chi connectivity index (χ2v) is 4.99. The number of hydrogen-bond acceptors (Lipinski definition) is 2. The number of nitrogens with one attached hydrogen (secondary N) is 1. The molecule has 19 heavy (non-hydrogen) atoms. The average molecular weight is 260 g/mol. The predicted molar refractivity (Wildman–Crippen MR) is 73.6 cm³/mol. The number of carbonyl (C=O) groups is 2. The summed E-state index contributed by atoms with van der Waals surface area (Å²) in [7, 11) is 0. The Labute approximate surface area is 113 Å². The molecule has 0 radical (unpaired) electrons. The fourth-order valence-corrected chi connectivity index (χ4v) is 2.35. The third kappa shape index (κ3) is 3.81. The topological polar surface area (TPSA) is 49.4 Å². The normalized spacial score (nSPS) is 17.8. The van der Waals surface area contributed by atoms with Gasteiger partial charge in [0.2, 0.25) is 11.8 Å². The third-order valence-electron chi connectivity index (χ3n) is 3.56. The van der Waals surface area contributed by atoms with Gasteiger partial charge in [-0.2, -0.15) is 0 Å². The minimum absolute atomic E-state index is 0.0198. The summed E-state index contributed by atoms with van der Waals surface area (Å²) in [5, 5.41) is 2.62. The van der Waals surface area contributed by atoms with E-state index in [0.717, 1.165) is 12.8 Å². The van der Waals surface area contributed by atoms with Gasteiger partial charge in [0.05, 0.1) is 6.54 Å². The van der Waals surface area contributed by atoms with E-state index in [2.05, 4.69) is 24.4 Å². The number of nitrogens with zero attached hydrogens (tertiary/aromatic N) is 1. The smallest absolute Gasteiger partial charge is 0.242 e. The van der Waals surface area contributed by atoms with Gasteiger partial charge in [-0.15, -0.1) is 0 Å². The van der Waals surface area contributed by atoms with E-state index in [1.54, 1.807) is 0 Å². The zero-order valence-corrected chi connectivity index (χ0v) is 11.3. The lowest BCUT2D eigenvalue weighted by molar-refractivity contribution is -0.131. The van der Waals surface area contributed by atoms with Crippen LogP contribution in [0, 0.1) is 0 Å². The van der Waals surface area contributed by atoms with Crippen LogP contribution in [-0.4, -0.2) is 35.8 Å². The van der Waals surface area contributed by atoms with E-state index in [4.69, 9.17) is 0 Å². The molecule has 1 saturated heterocycles. The highest BCUT2D eigenvalue weighted by atomic mass is 16.2. The van der Waals surface area contributed by atoms with E-state index < -0.39 is 0 Å². The molecule has 0 saturated carbocycles. The highest BCUT2D eigenvalue weighted by Crippen LogP contribution is 2.12. The number of benzene rings is 1.